The summed E-state index contributed by atoms with van der Waals surface area (Å²) in [5.41, 5.74) is -0.404. The third kappa shape index (κ3) is 5.10. The van der Waals surface area contributed by atoms with Crippen LogP contribution < -0.4 is 10.5 Å². The summed E-state index contributed by atoms with van der Waals surface area (Å²) >= 11 is 0. The summed E-state index contributed by atoms with van der Waals surface area (Å²) in [6.45, 7) is 0.787. The lowest BCUT2D eigenvalue weighted by atomic mass is 10.0. The molecule has 1 aromatic carbocycles. The molecular weight excluding hydrogens is 453 g/mol. The van der Waals surface area contributed by atoms with Crippen molar-refractivity contribution in [2.75, 3.05) is 24.5 Å². The van der Waals surface area contributed by atoms with Crippen LogP contribution in [-0.2, 0) is 12.6 Å². The molecule has 12 heteroatoms. The minimum Gasteiger partial charge on any atom is -0.465 e. The van der Waals surface area contributed by atoms with Gasteiger partial charge in [0.25, 0.3) is 5.56 Å². The van der Waals surface area contributed by atoms with E-state index in [1.165, 1.54) is 4.90 Å². The van der Waals surface area contributed by atoms with Crippen LogP contribution in [0.5, 0.6) is 0 Å². The maximum absolute atomic E-state index is 12.8. The van der Waals surface area contributed by atoms with Crippen LogP contribution in [0, 0.1) is 0 Å². The van der Waals surface area contributed by atoms with E-state index < -0.39 is 17.8 Å². The number of nitrogens with zero attached hydrogens (tertiary/aromatic N) is 5. The van der Waals surface area contributed by atoms with Crippen molar-refractivity contribution in [3.8, 4) is 0 Å². The number of carboxylic acid groups (broad SMARTS) is 1. The van der Waals surface area contributed by atoms with Gasteiger partial charge in [-0.15, -0.1) is 0 Å². The minimum atomic E-state index is -4.52. The lowest BCUT2D eigenvalue weighted by Crippen LogP contribution is -2.55. The molecule has 0 radical (unpaired) electrons. The molecule has 0 saturated carbocycles. The molecule has 4 rings (SSSR count). The van der Waals surface area contributed by atoms with Gasteiger partial charge in [0.1, 0.15) is 0 Å². The Labute approximate surface area is 192 Å². The number of piperazine rings is 1. The van der Waals surface area contributed by atoms with E-state index in [0.717, 1.165) is 29.9 Å². The van der Waals surface area contributed by atoms with Crippen molar-refractivity contribution in [3.05, 3.63) is 58.3 Å². The molecule has 3 aromatic rings. The molecule has 1 fully saturated rings. The maximum Gasteiger partial charge on any atom is 0.419 e. The number of hydrogen-bond acceptors (Lipinski definition) is 6. The van der Waals surface area contributed by atoms with E-state index in [2.05, 4.69) is 20.2 Å². The van der Waals surface area contributed by atoms with Gasteiger partial charge in [-0.25, -0.2) is 19.9 Å². The van der Waals surface area contributed by atoms with Gasteiger partial charge in [0.05, 0.1) is 22.7 Å². The van der Waals surface area contributed by atoms with Crippen LogP contribution in [0.3, 0.4) is 0 Å². The van der Waals surface area contributed by atoms with Gasteiger partial charge < -0.3 is 14.9 Å². The first kappa shape index (κ1) is 23.5. The standard InChI is InChI=1S/C22H23F3N6O3/c23-22(24,25)14-11-26-20(27-12-14)30-9-10-31(21(33)34)15(13-30)5-1-4-8-18-16-6-2-3-7-17(16)19(32)29-28-18/h2-3,6-7,11-12,15H,1,4-5,8-10,13H2,(H,29,32)(H,33,34). The number of H-pyrrole nitrogens is 1. The summed E-state index contributed by atoms with van der Waals surface area (Å²) in [5.74, 6) is 0.145. The molecule has 2 N–H and O–H groups in total. The van der Waals surface area contributed by atoms with Crippen molar-refractivity contribution < 1.29 is 23.1 Å². The van der Waals surface area contributed by atoms with Gasteiger partial charge in [0.2, 0.25) is 5.95 Å². The van der Waals surface area contributed by atoms with Crippen molar-refractivity contribution in [2.24, 2.45) is 0 Å². The minimum absolute atomic E-state index is 0.145. The van der Waals surface area contributed by atoms with E-state index in [9.17, 15) is 27.9 Å². The zero-order chi connectivity index (χ0) is 24.3. The van der Waals surface area contributed by atoms with Crippen molar-refractivity contribution in [1.29, 1.82) is 0 Å². The van der Waals surface area contributed by atoms with Crippen LogP contribution in [0.15, 0.2) is 41.5 Å². The average molecular weight is 476 g/mol. The predicted molar refractivity (Wildman–Crippen MR) is 118 cm³/mol. The van der Waals surface area contributed by atoms with Gasteiger partial charge in [-0.05, 0) is 25.3 Å². The first-order valence-electron chi connectivity index (χ1n) is 10.8. The second kappa shape index (κ2) is 9.65. The van der Waals surface area contributed by atoms with Crippen molar-refractivity contribution in [1.82, 2.24) is 25.1 Å². The molecule has 180 valence electrons. The summed E-state index contributed by atoms with van der Waals surface area (Å²) in [7, 11) is 0. The van der Waals surface area contributed by atoms with Gasteiger partial charge >= 0.3 is 12.3 Å². The molecule has 1 amide bonds. The van der Waals surface area contributed by atoms with Crippen LogP contribution in [-0.4, -0.2) is 61.9 Å². The number of aryl methyl sites for hydroxylation is 1. The van der Waals surface area contributed by atoms with Crippen LogP contribution in [0.2, 0.25) is 0 Å². The highest BCUT2D eigenvalue weighted by Gasteiger charge is 2.33. The summed E-state index contributed by atoms with van der Waals surface area (Å²) in [4.78, 5) is 34.4. The normalized spacial score (nSPS) is 16.7. The van der Waals surface area contributed by atoms with Crippen LogP contribution >= 0.6 is 0 Å². The van der Waals surface area contributed by atoms with Gasteiger partial charge in [-0.3, -0.25) is 4.79 Å². The Kier molecular flexibility index (Phi) is 6.66. The number of fused-ring (bicyclic) bond motifs is 1. The smallest absolute Gasteiger partial charge is 0.419 e. The summed E-state index contributed by atoms with van der Waals surface area (Å²) in [6.07, 6.45) is -1.48. The molecule has 3 heterocycles. The van der Waals surface area contributed by atoms with E-state index in [1.54, 1.807) is 17.0 Å². The molecule has 1 aliphatic heterocycles. The zero-order valence-electron chi connectivity index (χ0n) is 18.1. The Morgan fingerprint density at radius 3 is 2.50 bits per heavy atom. The number of rotatable bonds is 6. The fourth-order valence-electron chi connectivity index (χ4n) is 4.20. The Hall–Kier alpha value is -3.70. The Balaban J connectivity index is 1.39. The van der Waals surface area contributed by atoms with E-state index in [-0.39, 0.29) is 30.6 Å². The zero-order valence-corrected chi connectivity index (χ0v) is 18.1. The number of nitrogens with one attached hydrogen (secondary N) is 1. The molecule has 1 saturated heterocycles. The number of halogens is 3. The van der Waals surface area contributed by atoms with E-state index in [1.807, 2.05) is 12.1 Å². The topological polar surface area (TPSA) is 115 Å². The third-order valence-corrected chi connectivity index (χ3v) is 5.95. The predicted octanol–water partition coefficient (Wildman–Crippen LogP) is 3.31. The number of amides is 1. The van der Waals surface area contributed by atoms with E-state index in [0.29, 0.717) is 31.2 Å². The van der Waals surface area contributed by atoms with Gasteiger partial charge in [-0.1, -0.05) is 24.6 Å². The fourth-order valence-corrected chi connectivity index (χ4v) is 4.20. The first-order chi connectivity index (χ1) is 16.2. The first-order valence-corrected chi connectivity index (χ1v) is 10.8. The lowest BCUT2D eigenvalue weighted by molar-refractivity contribution is -0.138. The molecule has 1 aliphatic rings. The summed E-state index contributed by atoms with van der Waals surface area (Å²) < 4.78 is 38.3. The van der Waals surface area contributed by atoms with Crippen molar-refractivity contribution >= 4 is 22.8 Å². The molecule has 2 aromatic heterocycles. The maximum atomic E-state index is 12.8. The number of aromatic amines is 1. The molecule has 0 aliphatic carbocycles. The molecule has 1 atom stereocenters. The largest absolute Gasteiger partial charge is 0.465 e. The Bertz CT molecular complexity index is 1210. The second-order valence-corrected chi connectivity index (χ2v) is 8.14. The Morgan fingerprint density at radius 1 is 1.12 bits per heavy atom. The molecular formula is C22H23F3N6O3. The van der Waals surface area contributed by atoms with Gasteiger partial charge in [0.15, 0.2) is 0 Å². The van der Waals surface area contributed by atoms with Gasteiger partial charge in [0, 0.05) is 37.4 Å². The summed E-state index contributed by atoms with van der Waals surface area (Å²) in [5, 5.41) is 17.6. The van der Waals surface area contributed by atoms with Crippen molar-refractivity contribution in [2.45, 2.75) is 37.9 Å². The highest BCUT2D eigenvalue weighted by atomic mass is 19.4. The molecule has 1 unspecified atom stereocenters. The number of benzene rings is 1. The lowest BCUT2D eigenvalue weighted by Gasteiger charge is -2.40. The molecule has 0 bridgehead atoms. The van der Waals surface area contributed by atoms with Gasteiger partial charge in [-0.2, -0.15) is 18.3 Å². The number of anilines is 1. The average Bonchev–Trinajstić information content (AvgIpc) is 2.82. The van der Waals surface area contributed by atoms with Crippen LogP contribution in [0.1, 0.15) is 30.5 Å². The SMILES string of the molecule is O=C(O)N1CCN(c2ncc(C(F)(F)F)cn2)CC1CCCCc1n[nH]c(=O)c2ccccc12. The number of alkyl halides is 3. The number of aromatic nitrogens is 4. The highest BCUT2D eigenvalue weighted by Crippen LogP contribution is 2.29. The third-order valence-electron chi connectivity index (χ3n) is 5.95. The van der Waals surface area contributed by atoms with Crippen molar-refractivity contribution in [3.63, 3.8) is 0 Å². The van der Waals surface area contributed by atoms with Crippen LogP contribution in [0.25, 0.3) is 10.8 Å². The Morgan fingerprint density at radius 2 is 1.82 bits per heavy atom. The van der Waals surface area contributed by atoms with E-state index >= 15 is 0 Å². The second-order valence-electron chi connectivity index (χ2n) is 8.14. The molecule has 9 nitrogen and oxygen atoms in total. The van der Waals surface area contributed by atoms with E-state index in [4.69, 9.17) is 0 Å². The number of hydrogen-bond donors (Lipinski definition) is 2. The number of unbranched alkanes of at least 4 members (excludes halogenated alkanes) is 1. The quantitative estimate of drug-likeness (QED) is 0.525. The monoisotopic (exact) mass is 476 g/mol. The molecule has 34 heavy (non-hydrogen) atoms. The molecule has 0 spiro atoms. The fraction of sp³-hybridized carbons (Fsp3) is 0.409. The van der Waals surface area contributed by atoms with Crippen LogP contribution in [0.4, 0.5) is 23.9 Å². The number of carbonyl (C=O) groups is 1. The highest BCUT2D eigenvalue weighted by molar-refractivity contribution is 5.83. The summed E-state index contributed by atoms with van der Waals surface area (Å²) in [6, 6.07) is 6.87.